The molecule has 2 rings (SSSR count). The molecule has 0 aliphatic carbocycles. The number of hydrogen-bond donors (Lipinski definition) is 1. The molecule has 1 heterocycles. The van der Waals surface area contributed by atoms with E-state index in [2.05, 4.69) is 18.7 Å². The van der Waals surface area contributed by atoms with E-state index in [4.69, 9.17) is 17.3 Å². The molecule has 0 radical (unpaired) electrons. The van der Waals surface area contributed by atoms with Crippen LogP contribution < -0.4 is 10.6 Å². The quantitative estimate of drug-likeness (QED) is 0.759. The zero-order valence-corrected chi connectivity index (χ0v) is 10.7. The summed E-state index contributed by atoms with van der Waals surface area (Å²) in [6.07, 6.45) is 2.51. The summed E-state index contributed by atoms with van der Waals surface area (Å²) >= 11 is 6.25. The first-order valence-corrected chi connectivity index (χ1v) is 6.29. The molecule has 0 amide bonds. The zero-order valence-electron chi connectivity index (χ0n) is 9.91. The minimum absolute atomic E-state index is 0.510. The van der Waals surface area contributed by atoms with Crippen molar-refractivity contribution in [2.75, 3.05) is 17.2 Å². The van der Waals surface area contributed by atoms with Gasteiger partial charge < -0.3 is 10.6 Å². The average Bonchev–Trinajstić information content (AvgIpc) is 2.24. The van der Waals surface area contributed by atoms with Crippen molar-refractivity contribution in [2.45, 2.75) is 32.7 Å². The maximum atomic E-state index is 6.25. The Morgan fingerprint density at radius 1 is 1.38 bits per heavy atom. The second-order valence-electron chi connectivity index (χ2n) is 4.73. The van der Waals surface area contributed by atoms with Gasteiger partial charge >= 0.3 is 0 Å². The molecular formula is C13H19ClN2. The molecule has 1 aliphatic rings. The first kappa shape index (κ1) is 11.6. The molecule has 2 N–H and O–H groups in total. The van der Waals surface area contributed by atoms with Gasteiger partial charge in [0, 0.05) is 12.6 Å². The molecule has 1 saturated heterocycles. The Labute approximate surface area is 102 Å². The van der Waals surface area contributed by atoms with Crippen LogP contribution in [0.1, 0.15) is 26.7 Å². The van der Waals surface area contributed by atoms with Crippen LogP contribution >= 0.6 is 11.6 Å². The van der Waals surface area contributed by atoms with E-state index >= 15 is 0 Å². The first-order chi connectivity index (χ1) is 7.61. The topological polar surface area (TPSA) is 29.3 Å². The van der Waals surface area contributed by atoms with Gasteiger partial charge in [0.1, 0.15) is 0 Å². The second-order valence-corrected chi connectivity index (χ2v) is 5.14. The molecule has 16 heavy (non-hydrogen) atoms. The van der Waals surface area contributed by atoms with Crippen molar-refractivity contribution in [2.24, 2.45) is 5.92 Å². The minimum atomic E-state index is 0.510. The summed E-state index contributed by atoms with van der Waals surface area (Å²) in [4.78, 5) is 2.35. The highest BCUT2D eigenvalue weighted by Gasteiger charge is 2.27. The number of rotatable bonds is 1. The molecule has 0 saturated carbocycles. The fourth-order valence-corrected chi connectivity index (χ4v) is 2.78. The fourth-order valence-electron chi connectivity index (χ4n) is 2.49. The van der Waals surface area contributed by atoms with Crippen LogP contribution in [0, 0.1) is 5.92 Å². The third-order valence-corrected chi connectivity index (χ3v) is 3.98. The predicted molar refractivity (Wildman–Crippen MR) is 71.1 cm³/mol. The maximum absolute atomic E-state index is 6.25. The Kier molecular flexibility index (Phi) is 3.29. The summed E-state index contributed by atoms with van der Waals surface area (Å²) in [7, 11) is 0. The Morgan fingerprint density at radius 3 is 2.81 bits per heavy atom. The molecule has 0 bridgehead atoms. The number of nitrogens with zero attached hydrogens (tertiary/aromatic N) is 1. The molecule has 1 aromatic rings. The number of nitrogen functional groups attached to an aromatic ring is 1. The van der Waals surface area contributed by atoms with E-state index in [1.165, 1.54) is 12.8 Å². The second kappa shape index (κ2) is 4.54. The van der Waals surface area contributed by atoms with E-state index in [1.807, 2.05) is 18.2 Å². The van der Waals surface area contributed by atoms with Crippen molar-refractivity contribution < 1.29 is 0 Å². The normalized spacial score (nSPS) is 25.8. The maximum Gasteiger partial charge on any atom is 0.0791 e. The lowest BCUT2D eigenvalue weighted by Crippen LogP contribution is -2.42. The lowest BCUT2D eigenvalue weighted by Gasteiger charge is -2.40. The van der Waals surface area contributed by atoms with Gasteiger partial charge in [0.05, 0.1) is 16.4 Å². The van der Waals surface area contributed by atoms with Gasteiger partial charge in [0.15, 0.2) is 0 Å². The highest BCUT2D eigenvalue weighted by atomic mass is 35.5. The fraction of sp³-hybridized carbons (Fsp3) is 0.538. The number of benzene rings is 1. The number of nitrogens with two attached hydrogens (primary N) is 1. The van der Waals surface area contributed by atoms with Crippen LogP contribution in [0.25, 0.3) is 0 Å². The van der Waals surface area contributed by atoms with Gasteiger partial charge in [0.2, 0.25) is 0 Å². The third-order valence-electron chi connectivity index (χ3n) is 3.68. The Bertz CT molecular complexity index is 358. The molecule has 2 unspecified atom stereocenters. The standard InChI is InChI=1S/C13H19ClN2/c1-9-5-4-8-16(10(9)2)13-11(14)6-3-7-12(13)15/h3,6-7,9-10H,4-5,8,15H2,1-2H3. The van der Waals surface area contributed by atoms with Crippen LogP contribution in [0.15, 0.2) is 18.2 Å². The predicted octanol–water partition coefficient (Wildman–Crippen LogP) is 3.55. The highest BCUT2D eigenvalue weighted by Crippen LogP contribution is 2.37. The number of para-hydroxylation sites is 1. The summed E-state index contributed by atoms with van der Waals surface area (Å²) in [5, 5.41) is 0.765. The molecule has 1 aromatic carbocycles. The summed E-state index contributed by atoms with van der Waals surface area (Å²) < 4.78 is 0. The van der Waals surface area contributed by atoms with Crippen molar-refractivity contribution in [1.29, 1.82) is 0 Å². The first-order valence-electron chi connectivity index (χ1n) is 5.92. The molecule has 88 valence electrons. The van der Waals surface area contributed by atoms with E-state index < -0.39 is 0 Å². The minimum Gasteiger partial charge on any atom is -0.397 e. The number of halogens is 1. The van der Waals surface area contributed by atoms with Gasteiger partial charge in [0.25, 0.3) is 0 Å². The molecule has 3 heteroatoms. The SMILES string of the molecule is CC1CCCN(c2c(N)cccc2Cl)C1C. The van der Waals surface area contributed by atoms with E-state index in [0.29, 0.717) is 12.0 Å². The molecule has 1 fully saturated rings. The van der Waals surface area contributed by atoms with Crippen LogP contribution in [0.2, 0.25) is 5.02 Å². The van der Waals surface area contributed by atoms with Crippen molar-refractivity contribution >= 4 is 23.0 Å². The summed E-state index contributed by atoms with van der Waals surface area (Å²) in [6.45, 7) is 5.61. The summed E-state index contributed by atoms with van der Waals surface area (Å²) in [5.41, 5.74) is 7.84. The largest absolute Gasteiger partial charge is 0.397 e. The smallest absolute Gasteiger partial charge is 0.0791 e. The van der Waals surface area contributed by atoms with E-state index in [0.717, 1.165) is 22.9 Å². The van der Waals surface area contributed by atoms with Gasteiger partial charge in [-0.05, 0) is 37.8 Å². The Balaban J connectivity index is 2.36. The van der Waals surface area contributed by atoms with Crippen LogP contribution in [0.3, 0.4) is 0 Å². The molecule has 2 atom stereocenters. The van der Waals surface area contributed by atoms with Crippen LogP contribution in [0.5, 0.6) is 0 Å². The Hall–Kier alpha value is -0.890. The van der Waals surface area contributed by atoms with Crippen molar-refractivity contribution in [3.63, 3.8) is 0 Å². The van der Waals surface area contributed by atoms with Gasteiger partial charge in [-0.3, -0.25) is 0 Å². The van der Waals surface area contributed by atoms with Crippen LogP contribution in [-0.4, -0.2) is 12.6 Å². The van der Waals surface area contributed by atoms with Crippen molar-refractivity contribution in [3.05, 3.63) is 23.2 Å². The number of hydrogen-bond acceptors (Lipinski definition) is 2. The van der Waals surface area contributed by atoms with Crippen molar-refractivity contribution in [1.82, 2.24) is 0 Å². The van der Waals surface area contributed by atoms with Crippen LogP contribution in [0.4, 0.5) is 11.4 Å². The van der Waals surface area contributed by atoms with Crippen molar-refractivity contribution in [3.8, 4) is 0 Å². The molecule has 2 nitrogen and oxygen atoms in total. The lowest BCUT2D eigenvalue weighted by atomic mass is 9.91. The molecule has 0 aromatic heterocycles. The van der Waals surface area contributed by atoms with Crippen LogP contribution in [-0.2, 0) is 0 Å². The van der Waals surface area contributed by atoms with Gasteiger partial charge in [-0.15, -0.1) is 0 Å². The Morgan fingerprint density at radius 2 is 2.12 bits per heavy atom. The zero-order chi connectivity index (χ0) is 11.7. The number of anilines is 2. The van der Waals surface area contributed by atoms with Gasteiger partial charge in [-0.2, -0.15) is 0 Å². The monoisotopic (exact) mass is 238 g/mol. The lowest BCUT2D eigenvalue weighted by molar-refractivity contribution is 0.364. The molecular weight excluding hydrogens is 220 g/mol. The summed E-state index contributed by atoms with van der Waals surface area (Å²) in [5.74, 6) is 0.699. The third kappa shape index (κ3) is 1.99. The van der Waals surface area contributed by atoms with Gasteiger partial charge in [-0.1, -0.05) is 24.6 Å². The molecule has 1 aliphatic heterocycles. The summed E-state index contributed by atoms with van der Waals surface area (Å²) in [6, 6.07) is 6.25. The average molecular weight is 239 g/mol. The van der Waals surface area contributed by atoms with E-state index in [-0.39, 0.29) is 0 Å². The highest BCUT2D eigenvalue weighted by molar-refractivity contribution is 6.34. The van der Waals surface area contributed by atoms with E-state index in [1.54, 1.807) is 0 Å². The number of piperidine rings is 1. The van der Waals surface area contributed by atoms with E-state index in [9.17, 15) is 0 Å². The van der Waals surface area contributed by atoms with Gasteiger partial charge in [-0.25, -0.2) is 0 Å². The molecule has 0 spiro atoms.